The van der Waals surface area contributed by atoms with Crippen molar-refractivity contribution in [2.75, 3.05) is 20.5 Å². The number of nitrogens with zero attached hydrogens (tertiary/aromatic N) is 2. The first-order valence-electron chi connectivity index (χ1n) is 11.3. The van der Waals surface area contributed by atoms with Crippen LogP contribution in [-0.4, -0.2) is 20.5 Å². The SMILES string of the molecule is COc1ccc2cc3[n+](cc2c1OCCC[n+]1ccccc1)CCc1cc2c(cc1-3)OCO2.[Br-].[Br-]. The van der Waals surface area contributed by atoms with Crippen molar-refractivity contribution in [3.63, 3.8) is 0 Å². The third-order valence-corrected chi connectivity index (χ3v) is 6.38. The quantitative estimate of drug-likeness (QED) is 0.187. The molecule has 4 heterocycles. The van der Waals surface area contributed by atoms with E-state index in [0.717, 1.165) is 59.7 Å². The van der Waals surface area contributed by atoms with Crippen molar-refractivity contribution in [3.8, 4) is 34.3 Å². The van der Waals surface area contributed by atoms with E-state index in [4.69, 9.17) is 18.9 Å². The van der Waals surface area contributed by atoms with Gasteiger partial charge in [0.2, 0.25) is 12.5 Å². The number of methoxy groups -OCH3 is 1. The molecule has 0 amide bonds. The first-order chi connectivity index (χ1) is 16.3. The molecule has 2 aliphatic rings. The van der Waals surface area contributed by atoms with Crippen LogP contribution in [0.15, 0.2) is 67.1 Å². The number of fused-ring (bicyclic) bond motifs is 5. The van der Waals surface area contributed by atoms with Gasteiger partial charge in [-0.1, -0.05) is 6.07 Å². The number of rotatable bonds is 6. The molecule has 0 bridgehead atoms. The molecule has 4 aromatic rings. The van der Waals surface area contributed by atoms with Crippen LogP contribution in [0, 0.1) is 0 Å². The summed E-state index contributed by atoms with van der Waals surface area (Å²) < 4.78 is 27.6. The molecular formula is C27H26Br2N2O4. The predicted molar refractivity (Wildman–Crippen MR) is 123 cm³/mol. The van der Waals surface area contributed by atoms with E-state index in [-0.39, 0.29) is 34.0 Å². The molecule has 35 heavy (non-hydrogen) atoms. The number of pyridine rings is 2. The van der Waals surface area contributed by atoms with Crippen molar-refractivity contribution in [2.24, 2.45) is 0 Å². The number of aryl methyl sites for hydroxylation is 3. The number of benzene rings is 2. The normalized spacial score (nSPS) is 12.7. The first kappa shape index (κ1) is 25.3. The Balaban J connectivity index is 0.00000144. The molecule has 0 aliphatic carbocycles. The number of hydrogen-bond donors (Lipinski definition) is 0. The lowest BCUT2D eigenvalue weighted by Gasteiger charge is -2.18. The van der Waals surface area contributed by atoms with Crippen molar-refractivity contribution in [1.82, 2.24) is 0 Å². The molecule has 2 aromatic carbocycles. The highest BCUT2D eigenvalue weighted by Crippen LogP contribution is 2.41. The van der Waals surface area contributed by atoms with Crippen molar-refractivity contribution >= 4 is 10.8 Å². The summed E-state index contributed by atoms with van der Waals surface area (Å²) in [5, 5.41) is 2.19. The maximum Gasteiger partial charge on any atom is 0.231 e. The number of halogens is 2. The maximum atomic E-state index is 6.30. The Labute approximate surface area is 225 Å². The van der Waals surface area contributed by atoms with Gasteiger partial charge in [0.15, 0.2) is 54.7 Å². The van der Waals surface area contributed by atoms with Gasteiger partial charge in [-0.05, 0) is 35.2 Å². The van der Waals surface area contributed by atoms with Crippen LogP contribution in [0.4, 0.5) is 0 Å². The fraction of sp³-hybridized carbons (Fsp3) is 0.259. The van der Waals surface area contributed by atoms with Gasteiger partial charge in [-0.2, -0.15) is 4.57 Å². The van der Waals surface area contributed by atoms with Crippen molar-refractivity contribution in [1.29, 1.82) is 0 Å². The lowest BCUT2D eigenvalue weighted by atomic mass is 9.95. The van der Waals surface area contributed by atoms with Gasteiger partial charge in [0, 0.05) is 31.0 Å². The van der Waals surface area contributed by atoms with Gasteiger partial charge in [-0.25, -0.2) is 4.57 Å². The van der Waals surface area contributed by atoms with Crippen LogP contribution in [0.5, 0.6) is 23.0 Å². The Bertz CT molecular complexity index is 1350. The van der Waals surface area contributed by atoms with Gasteiger partial charge < -0.3 is 52.9 Å². The maximum absolute atomic E-state index is 6.30. The highest BCUT2D eigenvalue weighted by molar-refractivity contribution is 5.91. The van der Waals surface area contributed by atoms with E-state index in [1.54, 1.807) is 7.11 Å². The van der Waals surface area contributed by atoms with Crippen LogP contribution in [0.1, 0.15) is 12.0 Å². The Kier molecular flexibility index (Phi) is 7.82. The number of ether oxygens (including phenoxy) is 4. The van der Waals surface area contributed by atoms with Crippen molar-refractivity contribution in [2.45, 2.75) is 25.9 Å². The van der Waals surface area contributed by atoms with E-state index in [1.165, 1.54) is 16.8 Å². The summed E-state index contributed by atoms with van der Waals surface area (Å²) in [6.45, 7) is 2.72. The minimum absolute atomic E-state index is 0. The second-order valence-electron chi connectivity index (χ2n) is 8.38. The summed E-state index contributed by atoms with van der Waals surface area (Å²) in [5.41, 5.74) is 3.67. The summed E-state index contributed by atoms with van der Waals surface area (Å²) in [5.74, 6) is 3.23. The molecule has 0 saturated carbocycles. The Hall–Kier alpha value is -2.84. The van der Waals surface area contributed by atoms with Gasteiger partial charge in [0.1, 0.15) is 0 Å². The second-order valence-corrected chi connectivity index (χ2v) is 8.38. The van der Waals surface area contributed by atoms with Crippen molar-refractivity contribution in [3.05, 3.63) is 72.7 Å². The minimum atomic E-state index is 0. The van der Waals surface area contributed by atoms with Gasteiger partial charge in [-0.15, -0.1) is 0 Å². The monoisotopic (exact) mass is 600 g/mol. The van der Waals surface area contributed by atoms with Crippen LogP contribution in [0.25, 0.3) is 22.0 Å². The molecule has 0 spiro atoms. The smallest absolute Gasteiger partial charge is 0.231 e. The Morgan fingerprint density at radius 1 is 0.971 bits per heavy atom. The van der Waals surface area contributed by atoms with Crippen LogP contribution in [0.2, 0.25) is 0 Å². The highest BCUT2D eigenvalue weighted by Gasteiger charge is 2.28. The van der Waals surface area contributed by atoms with Gasteiger partial charge in [0.25, 0.3) is 0 Å². The summed E-state index contributed by atoms with van der Waals surface area (Å²) in [7, 11) is 1.69. The minimum Gasteiger partial charge on any atom is -1.00 e. The molecule has 182 valence electrons. The van der Waals surface area contributed by atoms with Crippen LogP contribution in [-0.2, 0) is 19.5 Å². The van der Waals surface area contributed by atoms with Crippen LogP contribution >= 0.6 is 0 Å². The number of aromatic nitrogens is 2. The van der Waals surface area contributed by atoms with Gasteiger partial charge >= 0.3 is 0 Å². The molecule has 0 atom stereocenters. The van der Waals surface area contributed by atoms with Crippen molar-refractivity contribution < 1.29 is 62.0 Å². The summed E-state index contributed by atoms with van der Waals surface area (Å²) >= 11 is 0. The lowest BCUT2D eigenvalue weighted by Crippen LogP contribution is -3.00. The van der Waals surface area contributed by atoms with Gasteiger partial charge in [0.05, 0.1) is 24.7 Å². The lowest BCUT2D eigenvalue weighted by molar-refractivity contribution is -0.697. The molecule has 0 unspecified atom stereocenters. The summed E-state index contributed by atoms with van der Waals surface area (Å²) in [4.78, 5) is 0. The fourth-order valence-electron chi connectivity index (χ4n) is 4.71. The third kappa shape index (κ3) is 4.82. The Morgan fingerprint density at radius 3 is 2.57 bits per heavy atom. The summed E-state index contributed by atoms with van der Waals surface area (Å²) in [6.07, 6.45) is 8.20. The fourth-order valence-corrected chi connectivity index (χ4v) is 4.71. The van der Waals surface area contributed by atoms with E-state index in [1.807, 2.05) is 24.3 Å². The second kappa shape index (κ2) is 10.8. The van der Waals surface area contributed by atoms with Crippen LogP contribution in [0.3, 0.4) is 0 Å². The molecule has 0 radical (unpaired) electrons. The largest absolute Gasteiger partial charge is 1.00 e. The molecule has 6 nitrogen and oxygen atoms in total. The zero-order chi connectivity index (χ0) is 22.2. The average molecular weight is 602 g/mol. The molecular weight excluding hydrogens is 576 g/mol. The molecule has 0 N–H and O–H groups in total. The molecule has 6 rings (SSSR count). The van der Waals surface area contributed by atoms with Gasteiger partial charge in [-0.3, -0.25) is 0 Å². The summed E-state index contributed by atoms with van der Waals surface area (Å²) in [6, 6.07) is 16.7. The zero-order valence-corrected chi connectivity index (χ0v) is 22.5. The van der Waals surface area contributed by atoms with E-state index in [9.17, 15) is 0 Å². The molecule has 2 aromatic heterocycles. The average Bonchev–Trinajstić information content (AvgIpc) is 3.32. The van der Waals surface area contributed by atoms with E-state index in [2.05, 4.69) is 52.0 Å². The van der Waals surface area contributed by atoms with E-state index >= 15 is 0 Å². The highest BCUT2D eigenvalue weighted by atomic mass is 79.9. The standard InChI is InChI=1S/C27H26N2O4.2BrH/c1-30-24-7-6-19-14-23-21-16-26-25(32-18-33-26)15-20(21)8-12-29(23)17-22(19)27(24)31-13-5-11-28-9-3-2-4-10-28;;/h2-4,6-7,9-10,14-17H,5,8,11-13,18H2,1H3;2*1H/q+2;;/p-2. The predicted octanol–water partition coefficient (Wildman–Crippen LogP) is -2.15. The molecule has 0 fully saturated rings. The molecule has 2 aliphatic heterocycles. The Morgan fingerprint density at radius 2 is 1.77 bits per heavy atom. The van der Waals surface area contributed by atoms with E-state index < -0.39 is 0 Å². The molecule has 8 heteroatoms. The third-order valence-electron chi connectivity index (χ3n) is 6.38. The zero-order valence-electron chi connectivity index (χ0n) is 19.4. The topological polar surface area (TPSA) is 44.7 Å². The van der Waals surface area contributed by atoms with Crippen LogP contribution < -0.4 is 62.0 Å². The first-order valence-corrected chi connectivity index (χ1v) is 11.3. The molecule has 0 saturated heterocycles. The van der Waals surface area contributed by atoms with E-state index in [0.29, 0.717) is 13.4 Å². The number of hydrogen-bond acceptors (Lipinski definition) is 4.